The molecular weight excluding hydrogens is 414 g/mol. The molecule has 3 aliphatic rings. The molecule has 3 heterocycles. The first-order valence-corrected chi connectivity index (χ1v) is 11.3. The summed E-state index contributed by atoms with van der Waals surface area (Å²) < 4.78 is 5.22. The molecule has 1 aromatic heterocycles. The maximum atomic E-state index is 12.9. The van der Waals surface area contributed by atoms with Crippen molar-refractivity contribution in [2.75, 3.05) is 19.6 Å². The molecule has 0 bridgehead atoms. The molecule has 10 heteroatoms. The smallest absolute Gasteiger partial charge is 0.344 e. The van der Waals surface area contributed by atoms with Gasteiger partial charge in [0.1, 0.15) is 11.3 Å². The zero-order valence-electron chi connectivity index (χ0n) is 18.4. The zero-order chi connectivity index (χ0) is 22.7. The lowest BCUT2D eigenvalue weighted by atomic mass is 9.77. The Bertz CT molecular complexity index is 854. The van der Waals surface area contributed by atoms with Gasteiger partial charge in [-0.1, -0.05) is 6.92 Å². The summed E-state index contributed by atoms with van der Waals surface area (Å²) in [5.41, 5.74) is 1.60. The molecule has 2 aliphatic heterocycles. The number of hydrogen-bond donors (Lipinski definition) is 3. The van der Waals surface area contributed by atoms with Gasteiger partial charge in [0.25, 0.3) is 11.8 Å². The minimum absolute atomic E-state index is 0.0167. The molecule has 10 nitrogen and oxygen atoms in total. The van der Waals surface area contributed by atoms with E-state index in [4.69, 9.17) is 4.42 Å². The largest absolute Gasteiger partial charge is 0.467 e. The molecule has 174 valence electrons. The molecule has 0 atom stereocenters. The van der Waals surface area contributed by atoms with Crippen molar-refractivity contribution in [3.05, 3.63) is 24.2 Å². The second kappa shape index (κ2) is 9.32. The molecule has 1 aliphatic carbocycles. The Morgan fingerprint density at radius 1 is 1.19 bits per heavy atom. The number of nitrogens with zero attached hydrogens (tertiary/aromatic N) is 2. The van der Waals surface area contributed by atoms with Crippen LogP contribution in [0, 0.1) is 11.8 Å². The third-order valence-corrected chi connectivity index (χ3v) is 6.87. The Morgan fingerprint density at radius 2 is 1.91 bits per heavy atom. The van der Waals surface area contributed by atoms with Gasteiger partial charge in [0, 0.05) is 5.92 Å². The number of carbonyl (C=O) groups is 4. The van der Waals surface area contributed by atoms with Crippen molar-refractivity contribution >= 4 is 23.8 Å². The first kappa shape index (κ1) is 22.3. The van der Waals surface area contributed by atoms with Crippen LogP contribution in [0.3, 0.4) is 0 Å². The predicted octanol–water partition coefficient (Wildman–Crippen LogP) is 1.14. The van der Waals surface area contributed by atoms with Gasteiger partial charge in [-0.25, -0.2) is 4.79 Å². The fraction of sp³-hybridized carbons (Fsp3) is 0.636. The molecule has 3 fully saturated rings. The lowest BCUT2D eigenvalue weighted by molar-refractivity contribution is -0.140. The number of urea groups is 1. The number of piperidine rings is 1. The summed E-state index contributed by atoms with van der Waals surface area (Å²) in [5.74, 6) is 0.340. The average molecular weight is 446 g/mol. The second-order valence-corrected chi connectivity index (χ2v) is 9.22. The lowest BCUT2D eigenvalue weighted by Crippen LogP contribution is -2.53. The number of amides is 5. The molecule has 1 aromatic rings. The maximum absolute atomic E-state index is 12.9. The maximum Gasteiger partial charge on any atom is 0.344 e. The number of rotatable bonds is 6. The van der Waals surface area contributed by atoms with Crippen molar-refractivity contribution in [2.24, 2.45) is 11.8 Å². The molecular formula is C22H31N5O5. The molecule has 0 unspecified atom stereocenters. The van der Waals surface area contributed by atoms with Gasteiger partial charge in [-0.05, 0) is 69.7 Å². The van der Waals surface area contributed by atoms with Crippen molar-refractivity contribution in [3.8, 4) is 0 Å². The Kier molecular flexibility index (Phi) is 6.50. The normalized spacial score (nSPS) is 26.9. The molecule has 0 radical (unpaired) electrons. The minimum Gasteiger partial charge on any atom is -0.467 e. The minimum atomic E-state index is -0.877. The van der Waals surface area contributed by atoms with Crippen LogP contribution < -0.4 is 16.1 Å². The van der Waals surface area contributed by atoms with E-state index in [1.54, 1.807) is 12.3 Å². The van der Waals surface area contributed by atoms with Gasteiger partial charge in [-0.3, -0.25) is 24.7 Å². The van der Waals surface area contributed by atoms with Crippen molar-refractivity contribution in [1.29, 1.82) is 0 Å². The van der Waals surface area contributed by atoms with E-state index in [0.717, 1.165) is 17.9 Å². The Balaban J connectivity index is 1.21. The van der Waals surface area contributed by atoms with Gasteiger partial charge in [-0.15, -0.1) is 0 Å². The Hall–Kier alpha value is -2.88. The van der Waals surface area contributed by atoms with Gasteiger partial charge < -0.3 is 15.1 Å². The molecule has 32 heavy (non-hydrogen) atoms. The summed E-state index contributed by atoms with van der Waals surface area (Å²) in [7, 11) is 0. The van der Waals surface area contributed by atoms with Gasteiger partial charge in [0.2, 0.25) is 5.91 Å². The highest BCUT2D eigenvalue weighted by molar-refractivity contribution is 6.08. The van der Waals surface area contributed by atoms with E-state index in [0.29, 0.717) is 57.0 Å². The van der Waals surface area contributed by atoms with E-state index in [9.17, 15) is 19.2 Å². The number of nitrogens with one attached hydrogen (secondary N) is 3. The first-order chi connectivity index (χ1) is 15.4. The van der Waals surface area contributed by atoms with E-state index < -0.39 is 17.5 Å². The fourth-order valence-electron chi connectivity index (χ4n) is 4.76. The summed E-state index contributed by atoms with van der Waals surface area (Å²) in [6.45, 7) is 3.75. The highest BCUT2D eigenvalue weighted by Crippen LogP contribution is 2.35. The summed E-state index contributed by atoms with van der Waals surface area (Å²) in [5, 5.41) is 6.52. The van der Waals surface area contributed by atoms with Gasteiger partial charge in [0.15, 0.2) is 0 Å². The van der Waals surface area contributed by atoms with Crippen molar-refractivity contribution < 1.29 is 23.6 Å². The van der Waals surface area contributed by atoms with Crippen LogP contribution in [0.15, 0.2) is 22.8 Å². The predicted molar refractivity (Wildman–Crippen MR) is 114 cm³/mol. The van der Waals surface area contributed by atoms with Gasteiger partial charge in [-0.2, -0.15) is 5.01 Å². The number of furan rings is 1. The number of imide groups is 1. The number of likely N-dealkylation sites (tertiary alicyclic amines) is 1. The number of hydrazine groups is 1. The molecule has 4 rings (SSSR count). The zero-order valence-corrected chi connectivity index (χ0v) is 18.4. The van der Waals surface area contributed by atoms with Crippen LogP contribution in [-0.2, 0) is 20.9 Å². The number of carbonyl (C=O) groups excluding carboxylic acids is 4. The van der Waals surface area contributed by atoms with E-state index in [1.165, 1.54) is 0 Å². The highest BCUT2D eigenvalue weighted by Gasteiger charge is 2.52. The molecule has 1 spiro atoms. The molecule has 5 amide bonds. The Morgan fingerprint density at radius 3 is 2.56 bits per heavy atom. The average Bonchev–Trinajstić information content (AvgIpc) is 3.38. The van der Waals surface area contributed by atoms with E-state index in [1.807, 2.05) is 11.0 Å². The molecule has 3 N–H and O–H groups in total. The Labute approximate surface area is 187 Å². The number of hydrogen-bond acceptors (Lipinski definition) is 6. The van der Waals surface area contributed by atoms with Crippen molar-refractivity contribution in [3.63, 3.8) is 0 Å². The molecule has 1 saturated carbocycles. The fourth-order valence-corrected chi connectivity index (χ4v) is 4.76. The van der Waals surface area contributed by atoms with Crippen molar-refractivity contribution in [2.45, 2.75) is 57.5 Å². The summed E-state index contributed by atoms with van der Waals surface area (Å²) in [4.78, 5) is 52.0. The van der Waals surface area contributed by atoms with Gasteiger partial charge in [0.05, 0.1) is 19.4 Å². The topological polar surface area (TPSA) is 124 Å². The van der Waals surface area contributed by atoms with E-state index in [2.05, 4.69) is 23.0 Å². The van der Waals surface area contributed by atoms with E-state index in [-0.39, 0.29) is 24.3 Å². The quantitative estimate of drug-likeness (QED) is 0.564. The van der Waals surface area contributed by atoms with Crippen LogP contribution in [-0.4, -0.2) is 58.8 Å². The summed E-state index contributed by atoms with van der Waals surface area (Å²) in [6, 6.07) is 3.02. The third-order valence-electron chi connectivity index (χ3n) is 6.87. The van der Waals surface area contributed by atoms with Crippen LogP contribution >= 0.6 is 0 Å². The lowest BCUT2D eigenvalue weighted by Gasteiger charge is -2.33. The van der Waals surface area contributed by atoms with Gasteiger partial charge >= 0.3 is 6.03 Å². The SMILES string of the molecule is CC1CCC2(CC1)NC(=O)N(NC(=O)CN1CCC(C(=O)NCc3ccco3)CC1)C2=O. The standard InChI is InChI=1S/C22H31N5O5/c1-15-4-8-22(9-5-15)20(30)27(21(31)24-22)25-18(28)14-26-10-6-16(7-11-26)19(29)23-13-17-3-2-12-32-17/h2-3,12,15-16H,4-11,13-14H2,1H3,(H,23,29)(H,24,31)(H,25,28). The summed E-state index contributed by atoms with van der Waals surface area (Å²) >= 11 is 0. The monoisotopic (exact) mass is 445 g/mol. The summed E-state index contributed by atoms with van der Waals surface area (Å²) in [6.07, 6.45) is 5.79. The van der Waals surface area contributed by atoms with Crippen molar-refractivity contribution in [1.82, 2.24) is 26.0 Å². The van der Waals surface area contributed by atoms with Crippen LogP contribution in [0.2, 0.25) is 0 Å². The van der Waals surface area contributed by atoms with Crippen LogP contribution in [0.1, 0.15) is 51.2 Å². The molecule has 2 saturated heterocycles. The van der Waals surface area contributed by atoms with Crippen LogP contribution in [0.4, 0.5) is 4.79 Å². The second-order valence-electron chi connectivity index (χ2n) is 9.22. The third kappa shape index (κ3) is 4.79. The van der Waals surface area contributed by atoms with Crippen LogP contribution in [0.5, 0.6) is 0 Å². The van der Waals surface area contributed by atoms with E-state index >= 15 is 0 Å². The van der Waals surface area contributed by atoms with Crippen LogP contribution in [0.25, 0.3) is 0 Å². The highest BCUT2D eigenvalue weighted by atomic mass is 16.3. The first-order valence-electron chi connectivity index (χ1n) is 11.3. The molecule has 0 aromatic carbocycles.